The van der Waals surface area contributed by atoms with Crippen LogP contribution in [0.3, 0.4) is 0 Å². The van der Waals surface area contributed by atoms with Crippen molar-refractivity contribution >= 4 is 5.65 Å². The molecule has 4 rings (SSSR count). The maximum Gasteiger partial charge on any atom is 0.158 e. The lowest BCUT2D eigenvalue weighted by Crippen LogP contribution is -1.96. The summed E-state index contributed by atoms with van der Waals surface area (Å²) in [6.45, 7) is 4.09. The third-order valence-corrected chi connectivity index (χ3v) is 3.94. The monoisotopic (exact) mass is 307 g/mol. The predicted molar refractivity (Wildman–Crippen MR) is 86.2 cm³/mol. The highest BCUT2D eigenvalue weighted by Crippen LogP contribution is 2.17. The largest absolute Gasteiger partial charge is 0.472 e. The van der Waals surface area contributed by atoms with Crippen LogP contribution in [0.25, 0.3) is 17.0 Å². The van der Waals surface area contributed by atoms with Gasteiger partial charge in [-0.1, -0.05) is 6.07 Å². The molecular formula is C17H17N5O. The number of aromatic amines is 1. The van der Waals surface area contributed by atoms with E-state index >= 15 is 0 Å². The molecule has 4 heterocycles. The minimum absolute atomic E-state index is 0.760. The van der Waals surface area contributed by atoms with Crippen LogP contribution in [0, 0.1) is 13.8 Å². The number of furan rings is 1. The van der Waals surface area contributed by atoms with Gasteiger partial charge >= 0.3 is 0 Å². The number of hydrogen-bond donors (Lipinski definition) is 1. The van der Waals surface area contributed by atoms with Crippen molar-refractivity contribution in [2.45, 2.75) is 26.7 Å². The number of fused-ring (bicyclic) bond motifs is 1. The summed E-state index contributed by atoms with van der Waals surface area (Å²) in [5, 5.41) is 4.60. The Kier molecular flexibility index (Phi) is 3.22. The summed E-state index contributed by atoms with van der Waals surface area (Å²) < 4.78 is 6.99. The zero-order valence-electron chi connectivity index (χ0n) is 13.1. The van der Waals surface area contributed by atoms with Crippen molar-refractivity contribution in [3.05, 3.63) is 59.7 Å². The molecule has 0 spiro atoms. The normalized spacial score (nSPS) is 11.4. The Labute approximate surface area is 133 Å². The molecule has 116 valence electrons. The fourth-order valence-corrected chi connectivity index (χ4v) is 2.63. The van der Waals surface area contributed by atoms with Crippen molar-refractivity contribution < 1.29 is 4.42 Å². The van der Waals surface area contributed by atoms with Gasteiger partial charge in [0.1, 0.15) is 12.1 Å². The predicted octanol–water partition coefficient (Wildman–Crippen LogP) is 3.11. The summed E-state index contributed by atoms with van der Waals surface area (Å²) in [4.78, 5) is 12.4. The van der Waals surface area contributed by atoms with Gasteiger partial charge in [-0.15, -0.1) is 0 Å². The molecule has 0 aliphatic carbocycles. The average molecular weight is 307 g/mol. The Hall–Kier alpha value is -2.89. The van der Waals surface area contributed by atoms with Crippen molar-refractivity contribution in [3.8, 4) is 11.4 Å². The molecule has 0 saturated carbocycles. The lowest BCUT2D eigenvalue weighted by molar-refractivity contribution is 0.568. The standard InChI is InChI=1S/C17H17N5O/c1-11-3-4-12(2)22-17(11)20-15(21-22)6-5-14-9-18-16(19-14)13-7-8-23-10-13/h3-4,7-10H,5-6H2,1-2H3,(H,18,19). The van der Waals surface area contributed by atoms with Crippen molar-refractivity contribution in [2.75, 3.05) is 0 Å². The van der Waals surface area contributed by atoms with Crippen LogP contribution >= 0.6 is 0 Å². The van der Waals surface area contributed by atoms with Crippen LogP contribution in [0.4, 0.5) is 0 Å². The fraction of sp³-hybridized carbons (Fsp3) is 0.235. The number of H-pyrrole nitrogens is 1. The molecule has 0 atom stereocenters. The number of imidazole rings is 1. The first kappa shape index (κ1) is 13.8. The van der Waals surface area contributed by atoms with Gasteiger partial charge in [-0.25, -0.2) is 14.5 Å². The third-order valence-electron chi connectivity index (χ3n) is 3.94. The van der Waals surface area contributed by atoms with Gasteiger partial charge in [0.15, 0.2) is 11.5 Å². The van der Waals surface area contributed by atoms with E-state index in [1.54, 1.807) is 12.5 Å². The number of nitrogens with zero attached hydrogens (tertiary/aromatic N) is 4. The summed E-state index contributed by atoms with van der Waals surface area (Å²) in [5.74, 6) is 1.67. The van der Waals surface area contributed by atoms with Crippen LogP contribution in [-0.2, 0) is 12.8 Å². The minimum Gasteiger partial charge on any atom is -0.472 e. The van der Waals surface area contributed by atoms with E-state index in [9.17, 15) is 0 Å². The van der Waals surface area contributed by atoms with Crippen LogP contribution in [0.5, 0.6) is 0 Å². The van der Waals surface area contributed by atoms with Crippen molar-refractivity contribution in [1.82, 2.24) is 24.6 Å². The molecule has 0 radical (unpaired) electrons. The van der Waals surface area contributed by atoms with Crippen molar-refractivity contribution in [2.24, 2.45) is 0 Å². The molecule has 0 bridgehead atoms. The molecule has 0 amide bonds. The Morgan fingerprint density at radius 3 is 2.83 bits per heavy atom. The molecule has 4 aromatic heterocycles. The quantitative estimate of drug-likeness (QED) is 0.629. The van der Waals surface area contributed by atoms with Gasteiger partial charge < -0.3 is 9.40 Å². The average Bonchev–Trinajstić information content (AvgIpc) is 3.28. The number of hydrogen-bond acceptors (Lipinski definition) is 4. The summed E-state index contributed by atoms with van der Waals surface area (Å²) in [6, 6.07) is 6.03. The van der Waals surface area contributed by atoms with Crippen LogP contribution in [0.15, 0.2) is 41.3 Å². The lowest BCUT2D eigenvalue weighted by atomic mass is 10.2. The zero-order chi connectivity index (χ0) is 15.8. The Balaban J connectivity index is 1.53. The van der Waals surface area contributed by atoms with Gasteiger partial charge in [-0.3, -0.25) is 0 Å². The number of aryl methyl sites for hydroxylation is 4. The van der Waals surface area contributed by atoms with Gasteiger partial charge in [0.25, 0.3) is 0 Å². The first-order valence-electron chi connectivity index (χ1n) is 7.59. The van der Waals surface area contributed by atoms with Crippen LogP contribution in [-0.4, -0.2) is 24.6 Å². The molecule has 6 nitrogen and oxygen atoms in total. The molecule has 0 aliphatic heterocycles. The molecule has 0 fully saturated rings. The van der Waals surface area contributed by atoms with Crippen molar-refractivity contribution in [1.29, 1.82) is 0 Å². The second kappa shape index (κ2) is 5.39. The summed E-state index contributed by atoms with van der Waals surface area (Å²) in [7, 11) is 0. The summed E-state index contributed by atoms with van der Waals surface area (Å²) in [5.41, 5.74) is 5.10. The van der Waals surface area contributed by atoms with Gasteiger partial charge in [0.2, 0.25) is 0 Å². The second-order valence-electron chi connectivity index (χ2n) is 5.67. The summed E-state index contributed by atoms with van der Waals surface area (Å²) in [6.07, 6.45) is 6.80. The first-order valence-corrected chi connectivity index (χ1v) is 7.59. The fourth-order valence-electron chi connectivity index (χ4n) is 2.63. The Morgan fingerprint density at radius 2 is 2.04 bits per heavy atom. The number of rotatable bonds is 4. The van der Waals surface area contributed by atoms with E-state index in [0.717, 1.165) is 52.7 Å². The van der Waals surface area contributed by atoms with E-state index in [0.29, 0.717) is 0 Å². The molecular weight excluding hydrogens is 290 g/mol. The molecule has 23 heavy (non-hydrogen) atoms. The Morgan fingerprint density at radius 1 is 1.13 bits per heavy atom. The van der Waals surface area contributed by atoms with Crippen LogP contribution < -0.4 is 0 Å². The molecule has 0 saturated heterocycles. The van der Waals surface area contributed by atoms with Crippen LogP contribution in [0.1, 0.15) is 22.8 Å². The third kappa shape index (κ3) is 2.52. The summed E-state index contributed by atoms with van der Waals surface area (Å²) >= 11 is 0. The highest BCUT2D eigenvalue weighted by atomic mass is 16.3. The second-order valence-corrected chi connectivity index (χ2v) is 5.67. The molecule has 6 heteroatoms. The van der Waals surface area contributed by atoms with E-state index < -0.39 is 0 Å². The first-order chi connectivity index (χ1) is 11.2. The molecule has 4 aromatic rings. The van der Waals surface area contributed by atoms with Crippen LogP contribution in [0.2, 0.25) is 0 Å². The number of nitrogens with one attached hydrogen (secondary N) is 1. The van der Waals surface area contributed by atoms with E-state index in [2.05, 4.69) is 39.1 Å². The van der Waals surface area contributed by atoms with E-state index in [1.807, 2.05) is 23.7 Å². The van der Waals surface area contributed by atoms with E-state index in [1.165, 1.54) is 0 Å². The smallest absolute Gasteiger partial charge is 0.158 e. The molecule has 0 unspecified atom stereocenters. The number of pyridine rings is 1. The van der Waals surface area contributed by atoms with Gasteiger partial charge in [-0.05, 0) is 38.0 Å². The lowest BCUT2D eigenvalue weighted by Gasteiger charge is -1.98. The van der Waals surface area contributed by atoms with E-state index in [4.69, 9.17) is 4.42 Å². The van der Waals surface area contributed by atoms with Crippen molar-refractivity contribution in [3.63, 3.8) is 0 Å². The van der Waals surface area contributed by atoms with E-state index in [-0.39, 0.29) is 0 Å². The molecule has 0 aromatic carbocycles. The van der Waals surface area contributed by atoms with Gasteiger partial charge in [0, 0.05) is 18.3 Å². The highest BCUT2D eigenvalue weighted by molar-refractivity contribution is 5.52. The molecule has 0 aliphatic rings. The topological polar surface area (TPSA) is 72.0 Å². The molecule has 1 N–H and O–H groups in total. The maximum absolute atomic E-state index is 5.08. The van der Waals surface area contributed by atoms with Gasteiger partial charge in [0.05, 0.1) is 17.5 Å². The Bertz CT molecular complexity index is 910. The SMILES string of the molecule is Cc1ccc(C)n2nc(CCc3c[nH]c(-c4ccoc4)n3)nc12. The maximum atomic E-state index is 5.08. The highest BCUT2D eigenvalue weighted by Gasteiger charge is 2.10. The zero-order valence-corrected chi connectivity index (χ0v) is 13.1. The number of aromatic nitrogens is 5. The van der Waals surface area contributed by atoms with Gasteiger partial charge in [-0.2, -0.15) is 5.10 Å². The minimum atomic E-state index is 0.760.